The molecule has 0 aliphatic carbocycles. The third-order valence-corrected chi connectivity index (χ3v) is 7.26. The molecule has 212 valence electrons. The topological polar surface area (TPSA) is 143 Å². The van der Waals surface area contributed by atoms with E-state index >= 15 is 0 Å². The minimum Gasteiger partial charge on any atom is -0.458 e. The summed E-state index contributed by atoms with van der Waals surface area (Å²) in [5.41, 5.74) is 1.17. The molecule has 0 fully saturated rings. The Labute approximate surface area is 242 Å². The summed E-state index contributed by atoms with van der Waals surface area (Å²) < 4.78 is 18.1. The van der Waals surface area contributed by atoms with Gasteiger partial charge < -0.3 is 13.9 Å². The van der Waals surface area contributed by atoms with Crippen molar-refractivity contribution in [2.75, 3.05) is 6.61 Å². The van der Waals surface area contributed by atoms with Crippen molar-refractivity contribution in [2.24, 2.45) is 4.99 Å². The van der Waals surface area contributed by atoms with Gasteiger partial charge in [0.1, 0.15) is 23.9 Å². The number of carbonyl (C=O) groups is 2. The summed E-state index contributed by atoms with van der Waals surface area (Å²) in [7, 11) is 0. The average molecular weight is 586 g/mol. The minimum atomic E-state index is -0.871. The number of furan rings is 1. The van der Waals surface area contributed by atoms with Gasteiger partial charge in [-0.2, -0.15) is 0 Å². The van der Waals surface area contributed by atoms with Crippen LogP contribution in [0.15, 0.2) is 98.8 Å². The highest BCUT2D eigenvalue weighted by atomic mass is 32.1. The molecule has 5 rings (SSSR count). The van der Waals surface area contributed by atoms with Crippen molar-refractivity contribution in [3.63, 3.8) is 0 Å². The van der Waals surface area contributed by atoms with Crippen LogP contribution >= 0.6 is 11.3 Å². The molecule has 2 aromatic heterocycles. The smallest absolute Gasteiger partial charge is 0.338 e. The second-order valence-corrected chi connectivity index (χ2v) is 10.2. The van der Waals surface area contributed by atoms with E-state index in [2.05, 4.69) is 11.6 Å². The number of nitro benzene ring substituents is 1. The molecular weight excluding hydrogens is 562 g/mol. The number of nitro groups is 1. The molecular formula is C30H23N3O8S. The summed E-state index contributed by atoms with van der Waals surface area (Å²) in [6, 6.07) is 15.0. The van der Waals surface area contributed by atoms with Gasteiger partial charge in [-0.1, -0.05) is 48.3 Å². The van der Waals surface area contributed by atoms with E-state index in [0.717, 1.165) is 11.3 Å². The zero-order chi connectivity index (χ0) is 30.0. The molecule has 1 aliphatic rings. The first-order chi connectivity index (χ1) is 20.2. The van der Waals surface area contributed by atoms with E-state index in [-0.39, 0.29) is 17.9 Å². The number of hydrogen-bond donors (Lipinski definition) is 0. The number of esters is 2. The molecule has 0 spiro atoms. The van der Waals surface area contributed by atoms with Gasteiger partial charge >= 0.3 is 11.9 Å². The lowest BCUT2D eigenvalue weighted by atomic mass is 9.96. The summed E-state index contributed by atoms with van der Waals surface area (Å²) in [5.74, 6) is -0.0664. The Balaban J connectivity index is 1.59. The van der Waals surface area contributed by atoms with E-state index in [1.807, 2.05) is 0 Å². The summed E-state index contributed by atoms with van der Waals surface area (Å²) in [6.07, 6.45) is 3.00. The van der Waals surface area contributed by atoms with Gasteiger partial charge in [0.25, 0.3) is 11.2 Å². The van der Waals surface area contributed by atoms with Gasteiger partial charge in [0.05, 0.1) is 26.8 Å². The van der Waals surface area contributed by atoms with Gasteiger partial charge in [0.2, 0.25) is 0 Å². The molecule has 1 atom stereocenters. The molecule has 0 amide bonds. The van der Waals surface area contributed by atoms with Gasteiger partial charge in [0.15, 0.2) is 4.80 Å². The molecule has 3 heterocycles. The predicted octanol–water partition coefficient (Wildman–Crippen LogP) is 4.06. The van der Waals surface area contributed by atoms with Crippen molar-refractivity contribution in [3.8, 4) is 17.1 Å². The first kappa shape index (κ1) is 28.2. The van der Waals surface area contributed by atoms with E-state index in [9.17, 15) is 24.5 Å². The highest BCUT2D eigenvalue weighted by Gasteiger charge is 2.33. The van der Waals surface area contributed by atoms with Gasteiger partial charge in [-0.25, -0.2) is 9.79 Å². The van der Waals surface area contributed by atoms with Crippen molar-refractivity contribution >= 4 is 35.0 Å². The number of rotatable bonds is 8. The Kier molecular flexibility index (Phi) is 7.80. The molecule has 0 radical (unpaired) electrons. The lowest BCUT2D eigenvalue weighted by molar-refractivity contribution is -0.384. The number of fused-ring (bicyclic) bond motifs is 1. The summed E-state index contributed by atoms with van der Waals surface area (Å²) >= 11 is 1.12. The molecule has 1 aliphatic heterocycles. The number of non-ortho nitro benzene ring substituents is 1. The standard InChI is InChI=1S/C30H23N3O8S/c1-4-14-39-29(36)26-17(2)31-30-32(27(26)19-8-10-22(11-9-19)40-18(3)34)28(35)25(42-30)16-23-12-13-24(41-23)20-6-5-7-21(15-20)33(37)38/h4-13,15-16,27H,1,14H2,2-3H3/b25-16-/t27-/m0/s1. The van der Waals surface area contributed by atoms with Crippen LogP contribution in [0.25, 0.3) is 17.4 Å². The highest BCUT2D eigenvalue weighted by molar-refractivity contribution is 7.07. The quantitative estimate of drug-likeness (QED) is 0.0991. The number of hydrogen-bond acceptors (Lipinski definition) is 10. The second kappa shape index (κ2) is 11.6. The molecule has 11 nitrogen and oxygen atoms in total. The monoisotopic (exact) mass is 585 g/mol. The largest absolute Gasteiger partial charge is 0.458 e. The van der Waals surface area contributed by atoms with Crippen molar-refractivity contribution in [2.45, 2.75) is 19.9 Å². The average Bonchev–Trinajstić information content (AvgIpc) is 3.55. The number of carbonyl (C=O) groups excluding carboxylic acids is 2. The number of benzene rings is 2. The fraction of sp³-hybridized carbons (Fsp3) is 0.133. The minimum absolute atomic E-state index is 0.0243. The number of thiazole rings is 1. The van der Waals surface area contributed by atoms with Crippen molar-refractivity contribution < 1.29 is 28.4 Å². The van der Waals surface area contributed by atoms with E-state index in [1.54, 1.807) is 61.5 Å². The maximum atomic E-state index is 13.8. The number of aromatic nitrogens is 1. The van der Waals surface area contributed by atoms with Crippen molar-refractivity contribution in [3.05, 3.63) is 126 Å². The third-order valence-electron chi connectivity index (χ3n) is 6.27. The molecule has 2 aromatic carbocycles. The van der Waals surface area contributed by atoms with E-state index in [1.165, 1.54) is 29.7 Å². The fourth-order valence-corrected chi connectivity index (χ4v) is 5.51. The first-order valence-electron chi connectivity index (χ1n) is 12.6. The van der Waals surface area contributed by atoms with Crippen molar-refractivity contribution in [1.82, 2.24) is 4.57 Å². The van der Waals surface area contributed by atoms with Crippen LogP contribution in [0.1, 0.15) is 31.2 Å². The molecule has 4 aromatic rings. The summed E-state index contributed by atoms with van der Waals surface area (Å²) in [6.45, 7) is 6.51. The molecule has 0 N–H and O–H groups in total. The van der Waals surface area contributed by atoms with Crippen LogP contribution < -0.4 is 19.6 Å². The Morgan fingerprint density at radius 2 is 1.95 bits per heavy atom. The van der Waals surface area contributed by atoms with Crippen molar-refractivity contribution in [1.29, 1.82) is 0 Å². The van der Waals surface area contributed by atoms with Gasteiger partial charge in [-0.05, 0) is 36.8 Å². The van der Waals surface area contributed by atoms with Crippen LogP contribution in [-0.4, -0.2) is 28.0 Å². The fourth-order valence-electron chi connectivity index (χ4n) is 4.48. The predicted molar refractivity (Wildman–Crippen MR) is 153 cm³/mol. The molecule has 0 unspecified atom stereocenters. The lowest BCUT2D eigenvalue weighted by Gasteiger charge is -2.24. The van der Waals surface area contributed by atoms with Crippen LogP contribution in [0.4, 0.5) is 5.69 Å². The van der Waals surface area contributed by atoms with Crippen LogP contribution in [0.2, 0.25) is 0 Å². The van der Waals surface area contributed by atoms with Crippen LogP contribution in [0.5, 0.6) is 5.75 Å². The van der Waals surface area contributed by atoms with Crippen LogP contribution in [0, 0.1) is 10.1 Å². The van der Waals surface area contributed by atoms with E-state index in [4.69, 9.17) is 13.9 Å². The Morgan fingerprint density at radius 1 is 1.19 bits per heavy atom. The SMILES string of the molecule is C=CCOC(=O)C1=C(C)N=c2s/c(=C\c3ccc(-c4cccc([N+](=O)[O-])c4)o3)c(=O)n2[C@H]1c1ccc(OC(C)=O)cc1. The zero-order valence-electron chi connectivity index (χ0n) is 22.4. The number of ether oxygens (including phenoxy) is 2. The molecule has 0 bridgehead atoms. The van der Waals surface area contributed by atoms with Crippen LogP contribution in [0.3, 0.4) is 0 Å². The maximum Gasteiger partial charge on any atom is 0.338 e. The van der Waals surface area contributed by atoms with E-state index in [0.29, 0.717) is 43.4 Å². The van der Waals surface area contributed by atoms with Gasteiger partial charge in [-0.3, -0.25) is 24.3 Å². The van der Waals surface area contributed by atoms with Gasteiger partial charge in [0, 0.05) is 30.7 Å². The summed E-state index contributed by atoms with van der Waals surface area (Å²) in [4.78, 5) is 53.9. The zero-order valence-corrected chi connectivity index (χ0v) is 23.3. The lowest BCUT2D eigenvalue weighted by Crippen LogP contribution is -2.39. The maximum absolute atomic E-state index is 13.8. The molecule has 12 heteroatoms. The Hall–Kier alpha value is -5.36. The van der Waals surface area contributed by atoms with Gasteiger partial charge in [-0.15, -0.1) is 0 Å². The second-order valence-electron chi connectivity index (χ2n) is 9.14. The Bertz CT molecular complexity index is 1950. The van der Waals surface area contributed by atoms with E-state index < -0.39 is 28.5 Å². The summed E-state index contributed by atoms with van der Waals surface area (Å²) in [5, 5.41) is 11.2. The third kappa shape index (κ3) is 5.60. The highest BCUT2D eigenvalue weighted by Crippen LogP contribution is 2.32. The molecule has 42 heavy (non-hydrogen) atoms. The first-order valence-corrected chi connectivity index (χ1v) is 13.4. The van der Waals surface area contributed by atoms with Crippen LogP contribution in [-0.2, 0) is 14.3 Å². The molecule has 0 saturated carbocycles. The molecule has 0 saturated heterocycles. The Morgan fingerprint density at radius 3 is 2.64 bits per heavy atom. The number of nitrogens with zero attached hydrogens (tertiary/aromatic N) is 3. The normalized spacial score (nSPS) is 14.6. The number of allylic oxidation sites excluding steroid dienone is 1.